The van der Waals surface area contributed by atoms with E-state index in [9.17, 15) is 4.39 Å². The first kappa shape index (κ1) is 12.8. The van der Waals surface area contributed by atoms with Crippen LogP contribution in [-0.4, -0.2) is 16.3 Å². The van der Waals surface area contributed by atoms with Gasteiger partial charge >= 0.3 is 0 Å². The highest BCUT2D eigenvalue weighted by molar-refractivity contribution is 5.36. The van der Waals surface area contributed by atoms with Crippen molar-refractivity contribution in [3.63, 3.8) is 0 Å². The summed E-state index contributed by atoms with van der Waals surface area (Å²) in [5.41, 5.74) is 2.44. The summed E-state index contributed by atoms with van der Waals surface area (Å²) in [5, 5.41) is 7.64. The van der Waals surface area contributed by atoms with Gasteiger partial charge in [-0.1, -0.05) is 13.0 Å². The highest BCUT2D eigenvalue weighted by Gasteiger charge is 2.06. The molecule has 1 heterocycles. The van der Waals surface area contributed by atoms with Crippen LogP contribution < -0.4 is 5.32 Å². The van der Waals surface area contributed by atoms with Crippen LogP contribution in [0.2, 0.25) is 0 Å². The number of hydrogen-bond acceptors (Lipinski definition) is 2. The molecule has 0 saturated heterocycles. The Morgan fingerprint density at radius 2 is 2.17 bits per heavy atom. The Kier molecular flexibility index (Phi) is 4.10. The van der Waals surface area contributed by atoms with E-state index >= 15 is 0 Å². The lowest BCUT2D eigenvalue weighted by molar-refractivity contribution is 0.606. The summed E-state index contributed by atoms with van der Waals surface area (Å²) in [7, 11) is 0. The molecule has 1 aromatic heterocycles. The summed E-state index contributed by atoms with van der Waals surface area (Å²) in [6.45, 7) is 5.74. The third kappa shape index (κ3) is 2.96. The minimum absolute atomic E-state index is 0.253. The quantitative estimate of drug-likeness (QED) is 0.823. The van der Waals surface area contributed by atoms with E-state index in [4.69, 9.17) is 0 Å². The van der Waals surface area contributed by atoms with Crippen molar-refractivity contribution in [2.45, 2.75) is 26.8 Å². The molecule has 1 aromatic carbocycles. The van der Waals surface area contributed by atoms with Gasteiger partial charge in [0.25, 0.3) is 0 Å². The van der Waals surface area contributed by atoms with Crippen LogP contribution in [-0.2, 0) is 6.54 Å². The monoisotopic (exact) mass is 247 g/mol. The number of nitrogens with one attached hydrogen (secondary N) is 1. The Balaban J connectivity index is 2.16. The van der Waals surface area contributed by atoms with E-state index in [0.29, 0.717) is 12.2 Å². The largest absolute Gasteiger partial charge is 0.311 e. The van der Waals surface area contributed by atoms with Crippen LogP contribution >= 0.6 is 0 Å². The molecule has 0 spiro atoms. The number of aryl methyl sites for hydroxylation is 1. The molecule has 0 saturated carbocycles. The molecular weight excluding hydrogens is 229 g/mol. The minimum Gasteiger partial charge on any atom is -0.311 e. The molecule has 96 valence electrons. The lowest BCUT2D eigenvalue weighted by Gasteiger charge is -2.04. The van der Waals surface area contributed by atoms with Gasteiger partial charge in [-0.3, -0.25) is 0 Å². The molecule has 3 nitrogen and oxygen atoms in total. The van der Waals surface area contributed by atoms with Crippen LogP contribution in [0.3, 0.4) is 0 Å². The second kappa shape index (κ2) is 5.78. The van der Waals surface area contributed by atoms with Crippen LogP contribution in [0.5, 0.6) is 0 Å². The van der Waals surface area contributed by atoms with Gasteiger partial charge in [-0.25, -0.2) is 9.07 Å². The molecule has 0 fully saturated rings. The lowest BCUT2D eigenvalue weighted by atomic mass is 10.2. The number of hydrogen-bond donors (Lipinski definition) is 1. The molecular formula is C14H18FN3. The fraction of sp³-hybridized carbons (Fsp3) is 0.357. The molecule has 0 radical (unpaired) electrons. The summed E-state index contributed by atoms with van der Waals surface area (Å²) in [4.78, 5) is 0. The Hall–Kier alpha value is -1.68. The second-order valence-electron chi connectivity index (χ2n) is 4.38. The number of benzene rings is 1. The second-order valence-corrected chi connectivity index (χ2v) is 4.38. The molecule has 0 amide bonds. The highest BCUT2D eigenvalue weighted by Crippen LogP contribution is 2.14. The zero-order chi connectivity index (χ0) is 13.0. The Morgan fingerprint density at radius 3 is 2.94 bits per heavy atom. The van der Waals surface area contributed by atoms with Gasteiger partial charge in [0.15, 0.2) is 0 Å². The molecule has 0 bridgehead atoms. The predicted molar refractivity (Wildman–Crippen MR) is 70.3 cm³/mol. The van der Waals surface area contributed by atoms with Crippen molar-refractivity contribution in [2.24, 2.45) is 0 Å². The van der Waals surface area contributed by atoms with Crippen LogP contribution in [0.4, 0.5) is 4.39 Å². The van der Waals surface area contributed by atoms with Gasteiger partial charge in [0.1, 0.15) is 11.5 Å². The van der Waals surface area contributed by atoms with Crippen LogP contribution in [0, 0.1) is 12.7 Å². The summed E-state index contributed by atoms with van der Waals surface area (Å²) < 4.78 is 15.3. The van der Waals surface area contributed by atoms with E-state index in [2.05, 4.69) is 17.3 Å². The van der Waals surface area contributed by atoms with Gasteiger partial charge in [-0.15, -0.1) is 0 Å². The van der Waals surface area contributed by atoms with Crippen LogP contribution in [0.1, 0.15) is 24.6 Å². The third-order valence-corrected chi connectivity index (χ3v) is 2.73. The first-order valence-electron chi connectivity index (χ1n) is 6.22. The van der Waals surface area contributed by atoms with Gasteiger partial charge in [0.2, 0.25) is 0 Å². The number of nitrogens with zero attached hydrogens (tertiary/aromatic N) is 2. The molecule has 0 aliphatic rings. The fourth-order valence-corrected chi connectivity index (χ4v) is 1.78. The van der Waals surface area contributed by atoms with E-state index < -0.39 is 0 Å². The highest BCUT2D eigenvalue weighted by atomic mass is 19.1. The van der Waals surface area contributed by atoms with Gasteiger partial charge < -0.3 is 5.32 Å². The lowest BCUT2D eigenvalue weighted by Crippen LogP contribution is -2.14. The maximum absolute atomic E-state index is 13.7. The van der Waals surface area contributed by atoms with Crippen molar-refractivity contribution >= 4 is 0 Å². The van der Waals surface area contributed by atoms with Crippen molar-refractivity contribution in [1.29, 1.82) is 0 Å². The van der Waals surface area contributed by atoms with Gasteiger partial charge in [-0.05, 0) is 43.7 Å². The molecule has 0 aliphatic carbocycles. The Bertz CT molecular complexity index is 520. The molecule has 2 aromatic rings. The molecule has 18 heavy (non-hydrogen) atoms. The predicted octanol–water partition coefficient (Wildman–Crippen LogP) is 2.82. The number of rotatable bonds is 5. The van der Waals surface area contributed by atoms with Crippen molar-refractivity contribution in [3.8, 4) is 5.69 Å². The van der Waals surface area contributed by atoms with Gasteiger partial charge in [0.05, 0.1) is 5.69 Å². The van der Waals surface area contributed by atoms with E-state index in [0.717, 1.165) is 24.2 Å². The molecule has 0 unspecified atom stereocenters. The van der Waals surface area contributed by atoms with Gasteiger partial charge in [-0.2, -0.15) is 5.10 Å². The number of aromatic nitrogens is 2. The van der Waals surface area contributed by atoms with E-state index in [1.165, 1.54) is 6.07 Å². The van der Waals surface area contributed by atoms with Crippen molar-refractivity contribution in [1.82, 2.24) is 15.1 Å². The van der Waals surface area contributed by atoms with E-state index in [1.807, 2.05) is 13.0 Å². The maximum Gasteiger partial charge on any atom is 0.148 e. The zero-order valence-electron chi connectivity index (χ0n) is 10.8. The van der Waals surface area contributed by atoms with Crippen LogP contribution in [0.15, 0.2) is 30.5 Å². The third-order valence-electron chi connectivity index (χ3n) is 2.73. The standard InChI is InChI=1S/C14H18FN3/c1-3-7-16-10-12-6-8-18(17-12)14-9-11(2)4-5-13(14)15/h4-6,8-9,16H,3,7,10H2,1-2H3. The average molecular weight is 247 g/mol. The Labute approximate surface area is 107 Å². The SMILES string of the molecule is CCCNCc1ccn(-c2cc(C)ccc2F)n1. The van der Waals surface area contributed by atoms with E-state index in [1.54, 1.807) is 23.0 Å². The smallest absolute Gasteiger partial charge is 0.148 e. The molecule has 2 rings (SSSR count). The first-order chi connectivity index (χ1) is 8.70. The molecule has 4 heteroatoms. The molecule has 0 aliphatic heterocycles. The normalized spacial score (nSPS) is 10.8. The molecule has 1 N–H and O–H groups in total. The summed E-state index contributed by atoms with van der Waals surface area (Å²) in [6, 6.07) is 6.93. The van der Waals surface area contributed by atoms with Crippen molar-refractivity contribution < 1.29 is 4.39 Å². The average Bonchev–Trinajstić information content (AvgIpc) is 2.81. The minimum atomic E-state index is -0.253. The summed E-state index contributed by atoms with van der Waals surface area (Å²) in [5.74, 6) is -0.253. The van der Waals surface area contributed by atoms with Crippen molar-refractivity contribution in [2.75, 3.05) is 6.54 Å². The van der Waals surface area contributed by atoms with Gasteiger partial charge in [0, 0.05) is 12.7 Å². The first-order valence-corrected chi connectivity index (χ1v) is 6.22. The summed E-state index contributed by atoms with van der Waals surface area (Å²) in [6.07, 6.45) is 2.88. The zero-order valence-corrected chi connectivity index (χ0v) is 10.8. The Morgan fingerprint density at radius 1 is 1.33 bits per heavy atom. The number of halogens is 1. The summed E-state index contributed by atoms with van der Waals surface area (Å²) >= 11 is 0. The topological polar surface area (TPSA) is 29.9 Å². The fourth-order valence-electron chi connectivity index (χ4n) is 1.78. The van der Waals surface area contributed by atoms with Crippen LogP contribution in [0.25, 0.3) is 5.69 Å². The van der Waals surface area contributed by atoms with Crippen molar-refractivity contribution in [3.05, 3.63) is 47.5 Å². The maximum atomic E-state index is 13.7. The molecule has 0 atom stereocenters. The van der Waals surface area contributed by atoms with E-state index in [-0.39, 0.29) is 5.82 Å².